The van der Waals surface area contributed by atoms with Crippen molar-refractivity contribution in [3.63, 3.8) is 0 Å². The molecule has 0 amide bonds. The number of H-pyrrole nitrogens is 1. The van der Waals surface area contributed by atoms with Crippen molar-refractivity contribution in [2.45, 2.75) is 23.2 Å². The number of alkyl halides is 1. The molecule has 1 aromatic heterocycles. The smallest absolute Gasteiger partial charge is 0.244 e. The predicted octanol–water partition coefficient (Wildman–Crippen LogP) is 1.88. The van der Waals surface area contributed by atoms with E-state index in [1.165, 1.54) is 10.5 Å². The maximum atomic E-state index is 12.3. The van der Waals surface area contributed by atoms with Crippen molar-refractivity contribution in [3.8, 4) is 0 Å². The second-order valence-electron chi connectivity index (χ2n) is 4.03. The van der Waals surface area contributed by atoms with Gasteiger partial charge in [-0.1, -0.05) is 0 Å². The third-order valence-corrected chi connectivity index (χ3v) is 6.28. The van der Waals surface area contributed by atoms with Crippen LogP contribution in [0.4, 0.5) is 0 Å². The maximum Gasteiger partial charge on any atom is 0.244 e. The summed E-state index contributed by atoms with van der Waals surface area (Å²) in [6, 6.07) is 1.71. The van der Waals surface area contributed by atoms with Gasteiger partial charge in [-0.3, -0.25) is 0 Å². The Kier molecular flexibility index (Phi) is 4.07. The number of nitrogens with one attached hydrogen (secondary N) is 1. The fourth-order valence-corrected chi connectivity index (χ4v) is 4.74. The third-order valence-electron chi connectivity index (χ3n) is 2.96. The summed E-state index contributed by atoms with van der Waals surface area (Å²) in [4.78, 5) is 3.16. The van der Waals surface area contributed by atoms with Gasteiger partial charge < -0.3 is 4.98 Å². The second-order valence-corrected chi connectivity index (χ2v) is 7.45. The van der Waals surface area contributed by atoms with Crippen LogP contribution in [0.1, 0.15) is 12.1 Å². The molecule has 0 radical (unpaired) electrons. The summed E-state index contributed by atoms with van der Waals surface area (Å²) < 4.78 is 26.1. The molecule has 7 heteroatoms. The lowest BCUT2D eigenvalue weighted by atomic mass is 10.3. The molecule has 0 bridgehead atoms. The average molecular weight is 295 g/mol. The van der Waals surface area contributed by atoms with Crippen molar-refractivity contribution in [3.05, 3.63) is 18.0 Å². The van der Waals surface area contributed by atoms with Gasteiger partial charge in [-0.2, -0.15) is 16.1 Å². The second kappa shape index (κ2) is 5.22. The van der Waals surface area contributed by atoms with Crippen LogP contribution >= 0.6 is 23.4 Å². The number of sulfonamides is 1. The molecule has 1 atom stereocenters. The van der Waals surface area contributed by atoms with Gasteiger partial charge >= 0.3 is 0 Å². The first kappa shape index (κ1) is 13.3. The molecule has 2 heterocycles. The van der Waals surface area contributed by atoms with E-state index in [4.69, 9.17) is 11.6 Å². The monoisotopic (exact) mass is 294 g/mol. The minimum absolute atomic E-state index is 0.111. The van der Waals surface area contributed by atoms with E-state index in [2.05, 4.69) is 4.98 Å². The Bertz CT molecular complexity index is 480. The minimum atomic E-state index is -3.38. The molecule has 1 aliphatic rings. The number of hydrogen-bond donors (Lipinski definition) is 1. The molecule has 1 unspecified atom stereocenters. The van der Waals surface area contributed by atoms with Gasteiger partial charge in [-0.25, -0.2) is 8.42 Å². The Labute approximate surface area is 111 Å². The van der Waals surface area contributed by atoms with Crippen molar-refractivity contribution in [1.82, 2.24) is 9.29 Å². The summed E-state index contributed by atoms with van der Waals surface area (Å²) >= 11 is 7.45. The molecule has 1 N–H and O–H groups in total. The summed E-state index contributed by atoms with van der Waals surface area (Å²) in [6.07, 6.45) is 2.43. The highest BCUT2D eigenvalue weighted by atomic mass is 35.5. The quantitative estimate of drug-likeness (QED) is 0.863. The van der Waals surface area contributed by atoms with E-state index in [0.29, 0.717) is 10.8 Å². The Morgan fingerprint density at radius 3 is 2.94 bits per heavy atom. The first-order valence-corrected chi connectivity index (χ1v) is 8.47. The van der Waals surface area contributed by atoms with Crippen molar-refractivity contribution in [2.24, 2.45) is 0 Å². The zero-order chi connectivity index (χ0) is 12.5. The summed E-state index contributed by atoms with van der Waals surface area (Å²) in [5.41, 5.74) is 0.722. The van der Waals surface area contributed by atoms with Gasteiger partial charge in [0.15, 0.2) is 0 Å². The fourth-order valence-electron chi connectivity index (χ4n) is 1.82. The molecule has 1 aliphatic heterocycles. The molecule has 17 heavy (non-hydrogen) atoms. The molecule has 0 aliphatic carbocycles. The molecule has 4 nitrogen and oxygen atoms in total. The molecule has 1 aromatic rings. The number of nitrogens with zero attached hydrogens (tertiary/aromatic N) is 1. The number of thioether (sulfide) groups is 1. The standard InChI is InChI=1S/C10H15ClN2O2S2/c1-13(9-2-3-16-7-9)17(14,15)10-4-8(5-11)12-6-10/h4,6,9,12H,2-3,5,7H2,1H3. The van der Waals surface area contributed by atoms with Crippen molar-refractivity contribution >= 4 is 33.4 Å². The number of rotatable bonds is 4. The lowest BCUT2D eigenvalue weighted by molar-refractivity contribution is 0.394. The first-order chi connectivity index (χ1) is 8.05. The summed E-state index contributed by atoms with van der Waals surface area (Å²) in [5, 5.41) is 0. The molecule has 0 spiro atoms. The van der Waals surface area contributed by atoms with Gasteiger partial charge in [0.05, 0.1) is 10.8 Å². The van der Waals surface area contributed by atoms with E-state index < -0.39 is 10.0 Å². The molecule has 2 rings (SSSR count). The Balaban J connectivity index is 2.22. The van der Waals surface area contributed by atoms with Crippen LogP contribution in [0.5, 0.6) is 0 Å². The molecular formula is C10H15ClN2O2S2. The normalized spacial score (nSPS) is 21.2. The van der Waals surface area contributed by atoms with Crippen LogP contribution in [0.15, 0.2) is 17.2 Å². The number of halogens is 1. The van der Waals surface area contributed by atoms with E-state index in [-0.39, 0.29) is 6.04 Å². The molecule has 0 aromatic carbocycles. The number of aromatic amines is 1. The predicted molar refractivity (Wildman–Crippen MR) is 71.0 cm³/mol. The van der Waals surface area contributed by atoms with Crippen LogP contribution in [-0.4, -0.2) is 42.3 Å². The van der Waals surface area contributed by atoms with Crippen molar-refractivity contribution in [1.29, 1.82) is 0 Å². The lowest BCUT2D eigenvalue weighted by Gasteiger charge is -2.22. The SMILES string of the molecule is CN(C1CCSC1)S(=O)(=O)c1c[nH]c(CCl)c1. The van der Waals surface area contributed by atoms with Crippen LogP contribution in [0.25, 0.3) is 0 Å². The van der Waals surface area contributed by atoms with Gasteiger partial charge in [0.2, 0.25) is 10.0 Å². The average Bonchev–Trinajstić information content (AvgIpc) is 2.98. The van der Waals surface area contributed by atoms with Crippen LogP contribution < -0.4 is 0 Å². The zero-order valence-electron chi connectivity index (χ0n) is 9.52. The summed E-state index contributed by atoms with van der Waals surface area (Å²) in [6.45, 7) is 0. The van der Waals surface area contributed by atoms with Crippen LogP contribution in [0.2, 0.25) is 0 Å². The van der Waals surface area contributed by atoms with E-state index in [9.17, 15) is 8.42 Å². The molecule has 0 saturated carbocycles. The van der Waals surface area contributed by atoms with Gasteiger partial charge in [-0.15, -0.1) is 11.6 Å². The number of hydrogen-bond acceptors (Lipinski definition) is 3. The van der Waals surface area contributed by atoms with Gasteiger partial charge in [0.1, 0.15) is 0 Å². The lowest BCUT2D eigenvalue weighted by Crippen LogP contribution is -2.36. The fraction of sp³-hybridized carbons (Fsp3) is 0.600. The van der Waals surface area contributed by atoms with Crippen LogP contribution in [-0.2, 0) is 15.9 Å². The minimum Gasteiger partial charge on any atom is -0.363 e. The molecule has 1 fully saturated rings. The topological polar surface area (TPSA) is 53.2 Å². The Hall–Kier alpha value is -0.170. The van der Waals surface area contributed by atoms with E-state index in [1.807, 2.05) is 0 Å². The van der Waals surface area contributed by atoms with E-state index >= 15 is 0 Å². The van der Waals surface area contributed by atoms with Crippen LogP contribution in [0, 0.1) is 0 Å². The highest BCUT2D eigenvalue weighted by Crippen LogP contribution is 2.26. The van der Waals surface area contributed by atoms with E-state index in [0.717, 1.165) is 23.6 Å². The molecule has 96 valence electrons. The maximum absolute atomic E-state index is 12.3. The van der Waals surface area contributed by atoms with Gasteiger partial charge in [0, 0.05) is 30.7 Å². The third kappa shape index (κ3) is 2.65. The molecular weight excluding hydrogens is 280 g/mol. The summed E-state index contributed by atoms with van der Waals surface area (Å²) in [5.74, 6) is 2.20. The largest absolute Gasteiger partial charge is 0.363 e. The van der Waals surface area contributed by atoms with E-state index in [1.54, 1.807) is 24.9 Å². The number of aromatic nitrogens is 1. The summed E-state index contributed by atoms with van der Waals surface area (Å²) in [7, 11) is -1.73. The molecule has 1 saturated heterocycles. The highest BCUT2D eigenvalue weighted by molar-refractivity contribution is 7.99. The Morgan fingerprint density at radius 2 is 2.41 bits per heavy atom. The zero-order valence-corrected chi connectivity index (χ0v) is 11.9. The Morgan fingerprint density at radius 1 is 1.65 bits per heavy atom. The van der Waals surface area contributed by atoms with Gasteiger partial charge in [0.25, 0.3) is 0 Å². The van der Waals surface area contributed by atoms with Crippen LogP contribution in [0.3, 0.4) is 0 Å². The first-order valence-electron chi connectivity index (χ1n) is 5.34. The van der Waals surface area contributed by atoms with Gasteiger partial charge in [-0.05, 0) is 18.2 Å². The van der Waals surface area contributed by atoms with Crippen molar-refractivity contribution in [2.75, 3.05) is 18.6 Å². The van der Waals surface area contributed by atoms with Crippen molar-refractivity contribution < 1.29 is 8.42 Å². The highest BCUT2D eigenvalue weighted by Gasteiger charge is 2.30.